The molecule has 30 heavy (non-hydrogen) atoms. The van der Waals surface area contributed by atoms with Gasteiger partial charge in [-0.05, 0) is 43.3 Å². The SMILES string of the molecule is CC(=O)NS(=O)(=O)c1ccc(N=NC2C(=O)N(C(=O)c3cccnc3)N=C2C)cc1. The molecule has 1 unspecified atom stereocenters. The molecule has 2 heterocycles. The molecule has 0 aliphatic carbocycles. The van der Waals surface area contributed by atoms with Crippen molar-refractivity contribution in [3.63, 3.8) is 0 Å². The van der Waals surface area contributed by atoms with Gasteiger partial charge < -0.3 is 0 Å². The van der Waals surface area contributed by atoms with E-state index >= 15 is 0 Å². The number of pyridine rings is 1. The Balaban J connectivity index is 1.74. The van der Waals surface area contributed by atoms with Gasteiger partial charge in [0.25, 0.3) is 21.8 Å². The summed E-state index contributed by atoms with van der Waals surface area (Å²) >= 11 is 0. The number of benzene rings is 1. The van der Waals surface area contributed by atoms with Gasteiger partial charge >= 0.3 is 0 Å². The summed E-state index contributed by atoms with van der Waals surface area (Å²) in [7, 11) is -3.96. The topological polar surface area (TPSA) is 151 Å². The number of carbonyl (C=O) groups excluding carboxylic acids is 3. The number of nitrogens with zero attached hydrogens (tertiary/aromatic N) is 5. The van der Waals surface area contributed by atoms with Crippen LogP contribution in [0.2, 0.25) is 0 Å². The van der Waals surface area contributed by atoms with Crippen LogP contribution in [-0.4, -0.2) is 47.9 Å². The lowest BCUT2D eigenvalue weighted by molar-refractivity contribution is -0.127. The molecular weight excluding hydrogens is 412 g/mol. The van der Waals surface area contributed by atoms with Gasteiger partial charge in [-0.1, -0.05) is 0 Å². The lowest BCUT2D eigenvalue weighted by atomic mass is 10.2. The fraction of sp³-hybridized carbons (Fsp3) is 0.167. The summed E-state index contributed by atoms with van der Waals surface area (Å²) in [6.45, 7) is 2.63. The molecule has 0 bridgehead atoms. The molecule has 0 fully saturated rings. The molecule has 1 N–H and O–H groups in total. The summed E-state index contributed by atoms with van der Waals surface area (Å²) in [6, 6.07) is 7.22. The van der Waals surface area contributed by atoms with Crippen LogP contribution < -0.4 is 4.72 Å². The minimum absolute atomic E-state index is 0.125. The van der Waals surface area contributed by atoms with E-state index in [1.54, 1.807) is 13.0 Å². The molecule has 1 aromatic heterocycles. The fourth-order valence-electron chi connectivity index (χ4n) is 2.51. The van der Waals surface area contributed by atoms with Gasteiger partial charge in [-0.15, -0.1) is 0 Å². The van der Waals surface area contributed by atoms with E-state index in [1.165, 1.54) is 42.7 Å². The first-order chi connectivity index (χ1) is 14.2. The maximum Gasteiger partial charge on any atom is 0.282 e. The molecule has 0 saturated carbocycles. The first-order valence-corrected chi connectivity index (χ1v) is 10.0. The van der Waals surface area contributed by atoms with Crippen LogP contribution in [0.5, 0.6) is 0 Å². The maximum atomic E-state index is 12.5. The number of amides is 3. The molecule has 0 saturated heterocycles. The summed E-state index contributed by atoms with van der Waals surface area (Å²) in [5, 5.41) is 12.6. The van der Waals surface area contributed by atoms with E-state index in [-0.39, 0.29) is 21.9 Å². The quantitative estimate of drug-likeness (QED) is 0.562. The third-order valence-electron chi connectivity index (χ3n) is 3.91. The van der Waals surface area contributed by atoms with Crippen molar-refractivity contribution in [2.24, 2.45) is 15.3 Å². The summed E-state index contributed by atoms with van der Waals surface area (Å²) < 4.78 is 25.7. The fourth-order valence-corrected chi connectivity index (χ4v) is 3.50. The Morgan fingerprint density at radius 2 is 1.87 bits per heavy atom. The highest BCUT2D eigenvalue weighted by Crippen LogP contribution is 2.20. The predicted octanol–water partition coefficient (Wildman–Crippen LogP) is 1.42. The molecule has 1 atom stereocenters. The van der Waals surface area contributed by atoms with Crippen molar-refractivity contribution in [3.05, 3.63) is 54.4 Å². The third-order valence-corrected chi connectivity index (χ3v) is 5.36. The lowest BCUT2D eigenvalue weighted by Crippen LogP contribution is -2.34. The van der Waals surface area contributed by atoms with Crippen molar-refractivity contribution in [2.45, 2.75) is 24.8 Å². The second-order valence-corrected chi connectivity index (χ2v) is 7.89. The predicted molar refractivity (Wildman–Crippen MR) is 104 cm³/mol. The minimum Gasteiger partial charge on any atom is -0.274 e. The smallest absolute Gasteiger partial charge is 0.274 e. The van der Waals surface area contributed by atoms with Crippen molar-refractivity contribution in [1.29, 1.82) is 0 Å². The Hall–Kier alpha value is -3.80. The number of azo groups is 1. The highest BCUT2D eigenvalue weighted by atomic mass is 32.2. The van der Waals surface area contributed by atoms with Gasteiger partial charge in [-0.3, -0.25) is 19.4 Å². The molecule has 1 aromatic carbocycles. The molecule has 2 aromatic rings. The van der Waals surface area contributed by atoms with Gasteiger partial charge in [0.15, 0.2) is 6.04 Å². The van der Waals surface area contributed by atoms with E-state index in [2.05, 4.69) is 20.3 Å². The van der Waals surface area contributed by atoms with Crippen LogP contribution in [-0.2, 0) is 19.6 Å². The number of hydrazone groups is 1. The third kappa shape index (κ3) is 4.43. The lowest BCUT2D eigenvalue weighted by Gasteiger charge is -2.10. The number of aromatic nitrogens is 1. The van der Waals surface area contributed by atoms with Crippen LogP contribution in [0.15, 0.2) is 69.0 Å². The first-order valence-electron chi connectivity index (χ1n) is 8.57. The van der Waals surface area contributed by atoms with Crippen molar-refractivity contribution in [2.75, 3.05) is 0 Å². The van der Waals surface area contributed by atoms with E-state index in [9.17, 15) is 22.8 Å². The Morgan fingerprint density at radius 3 is 2.47 bits per heavy atom. The Morgan fingerprint density at radius 1 is 1.17 bits per heavy atom. The molecule has 3 amide bonds. The van der Waals surface area contributed by atoms with Crippen LogP contribution >= 0.6 is 0 Å². The number of carbonyl (C=O) groups is 3. The molecule has 1 aliphatic heterocycles. The van der Waals surface area contributed by atoms with E-state index in [1.807, 2.05) is 4.72 Å². The minimum atomic E-state index is -3.96. The van der Waals surface area contributed by atoms with Gasteiger partial charge in [0.05, 0.1) is 21.9 Å². The maximum absolute atomic E-state index is 12.5. The average Bonchev–Trinajstić information content (AvgIpc) is 2.99. The molecule has 154 valence electrons. The molecule has 0 spiro atoms. The monoisotopic (exact) mass is 428 g/mol. The normalized spacial score (nSPS) is 16.6. The van der Waals surface area contributed by atoms with Gasteiger partial charge in [0.1, 0.15) is 0 Å². The molecule has 0 radical (unpaired) electrons. The Kier molecular flexibility index (Phi) is 5.78. The number of hydrogen-bond donors (Lipinski definition) is 1. The van der Waals surface area contributed by atoms with Crippen LogP contribution in [0.1, 0.15) is 24.2 Å². The van der Waals surface area contributed by atoms with Crippen molar-refractivity contribution >= 4 is 39.1 Å². The summed E-state index contributed by atoms with van der Waals surface area (Å²) in [4.78, 5) is 39.7. The van der Waals surface area contributed by atoms with E-state index < -0.39 is 33.8 Å². The van der Waals surface area contributed by atoms with Gasteiger partial charge in [-0.2, -0.15) is 20.3 Å². The summed E-state index contributed by atoms with van der Waals surface area (Å²) in [5.74, 6) is -1.99. The van der Waals surface area contributed by atoms with E-state index in [4.69, 9.17) is 0 Å². The Labute approximate surface area is 171 Å². The zero-order valence-electron chi connectivity index (χ0n) is 15.9. The number of rotatable bonds is 5. The van der Waals surface area contributed by atoms with Gasteiger partial charge in [0.2, 0.25) is 5.91 Å². The first kappa shape index (κ1) is 20.9. The highest BCUT2D eigenvalue weighted by Gasteiger charge is 2.38. The van der Waals surface area contributed by atoms with Crippen LogP contribution in [0, 0.1) is 0 Å². The molecule has 12 heteroatoms. The number of imide groups is 1. The second kappa shape index (κ2) is 8.29. The summed E-state index contributed by atoms with van der Waals surface area (Å²) in [6.07, 6.45) is 2.83. The van der Waals surface area contributed by atoms with Crippen molar-refractivity contribution in [3.8, 4) is 0 Å². The zero-order chi connectivity index (χ0) is 21.9. The van der Waals surface area contributed by atoms with Crippen LogP contribution in [0.4, 0.5) is 5.69 Å². The molecular formula is C18H16N6O5S. The van der Waals surface area contributed by atoms with E-state index in [0.29, 0.717) is 0 Å². The average molecular weight is 428 g/mol. The Bertz CT molecular complexity index is 1160. The van der Waals surface area contributed by atoms with Crippen molar-refractivity contribution < 1.29 is 22.8 Å². The largest absolute Gasteiger partial charge is 0.282 e. The van der Waals surface area contributed by atoms with Crippen LogP contribution in [0.3, 0.4) is 0 Å². The number of hydrogen-bond acceptors (Lipinski definition) is 9. The van der Waals surface area contributed by atoms with Gasteiger partial charge in [0, 0.05) is 19.3 Å². The second-order valence-electron chi connectivity index (χ2n) is 6.21. The highest BCUT2D eigenvalue weighted by molar-refractivity contribution is 7.90. The van der Waals surface area contributed by atoms with Crippen LogP contribution in [0.25, 0.3) is 0 Å². The molecule has 1 aliphatic rings. The number of sulfonamides is 1. The molecule has 3 rings (SSSR count). The van der Waals surface area contributed by atoms with Gasteiger partial charge in [-0.25, -0.2) is 13.1 Å². The van der Waals surface area contributed by atoms with E-state index in [0.717, 1.165) is 11.9 Å². The van der Waals surface area contributed by atoms with Crippen molar-refractivity contribution in [1.82, 2.24) is 14.7 Å². The zero-order valence-corrected chi connectivity index (χ0v) is 16.7. The summed E-state index contributed by atoms with van der Waals surface area (Å²) in [5.41, 5.74) is 0.760. The number of nitrogens with one attached hydrogen (secondary N) is 1. The molecule has 11 nitrogen and oxygen atoms in total. The standard InChI is InChI=1S/C18H16N6O5S/c1-11-16(18(27)24(22-11)17(26)13-4-3-9-19-10-13)21-20-14-5-7-15(8-6-14)30(28,29)23-12(2)25/h3-10,16H,1-2H3,(H,23,25).